The van der Waals surface area contributed by atoms with Crippen LogP contribution < -0.4 is 10.1 Å². The SMILES string of the molecule is COc1ccccc1-c1nc(CNC23CC4CC(CC(C4)C2)C3)no1. The van der Waals surface area contributed by atoms with E-state index in [2.05, 4.69) is 15.5 Å². The lowest BCUT2D eigenvalue weighted by Crippen LogP contribution is -2.58. The number of aromatic nitrogens is 2. The Morgan fingerprint density at radius 2 is 1.80 bits per heavy atom. The van der Waals surface area contributed by atoms with Crippen molar-refractivity contribution in [2.45, 2.75) is 50.6 Å². The first-order valence-corrected chi connectivity index (χ1v) is 9.44. The van der Waals surface area contributed by atoms with Gasteiger partial charge < -0.3 is 14.6 Å². The molecule has 25 heavy (non-hydrogen) atoms. The van der Waals surface area contributed by atoms with Crippen molar-refractivity contribution in [1.82, 2.24) is 15.5 Å². The molecule has 0 saturated heterocycles. The van der Waals surface area contributed by atoms with Crippen LogP contribution in [0.3, 0.4) is 0 Å². The van der Waals surface area contributed by atoms with E-state index in [0.717, 1.165) is 34.9 Å². The van der Waals surface area contributed by atoms with E-state index in [1.165, 1.54) is 38.5 Å². The zero-order valence-electron chi connectivity index (χ0n) is 14.7. The van der Waals surface area contributed by atoms with Crippen LogP contribution in [0.25, 0.3) is 11.5 Å². The molecule has 4 aliphatic carbocycles. The molecule has 132 valence electrons. The van der Waals surface area contributed by atoms with Gasteiger partial charge in [0.1, 0.15) is 5.75 Å². The van der Waals surface area contributed by atoms with E-state index in [0.29, 0.717) is 18.0 Å². The minimum atomic E-state index is 0.319. The number of methoxy groups -OCH3 is 1. The van der Waals surface area contributed by atoms with Crippen molar-refractivity contribution in [2.24, 2.45) is 17.8 Å². The fourth-order valence-corrected chi connectivity index (χ4v) is 5.85. The number of nitrogens with zero attached hydrogens (tertiary/aromatic N) is 2. The molecule has 0 atom stereocenters. The normalized spacial score (nSPS) is 32.9. The summed E-state index contributed by atoms with van der Waals surface area (Å²) in [5.74, 6) is 4.83. The van der Waals surface area contributed by atoms with Crippen molar-refractivity contribution < 1.29 is 9.26 Å². The molecule has 4 saturated carbocycles. The van der Waals surface area contributed by atoms with Crippen molar-refractivity contribution in [2.75, 3.05) is 7.11 Å². The van der Waals surface area contributed by atoms with E-state index in [-0.39, 0.29) is 0 Å². The summed E-state index contributed by atoms with van der Waals surface area (Å²) in [4.78, 5) is 4.59. The number of para-hydroxylation sites is 1. The molecule has 4 bridgehead atoms. The van der Waals surface area contributed by atoms with Gasteiger partial charge in [-0.1, -0.05) is 17.3 Å². The molecule has 4 fully saturated rings. The van der Waals surface area contributed by atoms with E-state index in [1.54, 1.807) is 7.11 Å². The Hall–Kier alpha value is -1.88. The van der Waals surface area contributed by atoms with Gasteiger partial charge in [-0.3, -0.25) is 0 Å². The van der Waals surface area contributed by atoms with Gasteiger partial charge in [0, 0.05) is 5.54 Å². The smallest absolute Gasteiger partial charge is 0.261 e. The Balaban J connectivity index is 1.31. The molecule has 1 N–H and O–H groups in total. The minimum Gasteiger partial charge on any atom is -0.496 e. The van der Waals surface area contributed by atoms with E-state index in [1.807, 2.05) is 24.3 Å². The zero-order valence-corrected chi connectivity index (χ0v) is 14.7. The lowest BCUT2D eigenvalue weighted by atomic mass is 9.53. The maximum Gasteiger partial charge on any atom is 0.261 e. The summed E-state index contributed by atoms with van der Waals surface area (Å²) >= 11 is 0. The highest BCUT2D eigenvalue weighted by Crippen LogP contribution is 2.55. The predicted molar refractivity (Wildman–Crippen MR) is 94.0 cm³/mol. The highest BCUT2D eigenvalue weighted by Gasteiger charge is 2.50. The second kappa shape index (κ2) is 5.84. The topological polar surface area (TPSA) is 60.2 Å². The number of hydrogen-bond acceptors (Lipinski definition) is 5. The summed E-state index contributed by atoms with van der Waals surface area (Å²) in [6.07, 6.45) is 8.37. The molecule has 1 aromatic carbocycles. The molecule has 1 aromatic heterocycles. The molecule has 0 unspecified atom stereocenters. The van der Waals surface area contributed by atoms with Gasteiger partial charge in [-0.2, -0.15) is 4.98 Å². The second-order valence-corrected chi connectivity index (χ2v) is 8.27. The third-order valence-electron chi connectivity index (χ3n) is 6.47. The van der Waals surface area contributed by atoms with Crippen molar-refractivity contribution in [3.63, 3.8) is 0 Å². The third kappa shape index (κ3) is 2.74. The van der Waals surface area contributed by atoms with Crippen LogP contribution in [0.1, 0.15) is 44.3 Å². The molecule has 1 heterocycles. The summed E-state index contributed by atoms with van der Waals surface area (Å²) in [6, 6.07) is 7.75. The molecule has 6 rings (SSSR count). The summed E-state index contributed by atoms with van der Waals surface area (Å²) < 4.78 is 10.9. The molecule has 2 aromatic rings. The average molecular weight is 339 g/mol. The van der Waals surface area contributed by atoms with Crippen LogP contribution in [0.2, 0.25) is 0 Å². The molecule has 4 aliphatic rings. The number of rotatable bonds is 5. The van der Waals surface area contributed by atoms with Gasteiger partial charge in [0.25, 0.3) is 5.89 Å². The van der Waals surface area contributed by atoms with Crippen molar-refractivity contribution in [3.8, 4) is 17.2 Å². The fourth-order valence-electron chi connectivity index (χ4n) is 5.85. The molecular weight excluding hydrogens is 314 g/mol. The van der Waals surface area contributed by atoms with Crippen molar-refractivity contribution in [3.05, 3.63) is 30.1 Å². The van der Waals surface area contributed by atoms with Crippen LogP contribution in [-0.4, -0.2) is 22.8 Å². The maximum absolute atomic E-state index is 5.48. The molecule has 0 spiro atoms. The molecule has 0 radical (unpaired) electrons. The Bertz CT molecular complexity index is 735. The van der Waals surface area contributed by atoms with Crippen molar-refractivity contribution in [1.29, 1.82) is 0 Å². The van der Waals surface area contributed by atoms with Crippen LogP contribution in [-0.2, 0) is 6.54 Å². The molecule has 0 aliphatic heterocycles. The van der Waals surface area contributed by atoms with E-state index >= 15 is 0 Å². The minimum absolute atomic E-state index is 0.319. The second-order valence-electron chi connectivity index (χ2n) is 8.27. The van der Waals surface area contributed by atoms with Gasteiger partial charge in [0.05, 0.1) is 19.2 Å². The van der Waals surface area contributed by atoms with Crippen LogP contribution in [0, 0.1) is 17.8 Å². The lowest BCUT2D eigenvalue weighted by Gasteiger charge is -2.57. The molecule has 0 amide bonds. The van der Waals surface area contributed by atoms with E-state index in [4.69, 9.17) is 9.26 Å². The van der Waals surface area contributed by atoms with Crippen molar-refractivity contribution >= 4 is 0 Å². The van der Waals surface area contributed by atoms with Crippen LogP contribution in [0.15, 0.2) is 28.8 Å². The maximum atomic E-state index is 5.48. The van der Waals surface area contributed by atoms with Gasteiger partial charge in [0.15, 0.2) is 5.82 Å². The number of hydrogen-bond donors (Lipinski definition) is 1. The van der Waals surface area contributed by atoms with E-state index < -0.39 is 0 Å². The van der Waals surface area contributed by atoms with Crippen LogP contribution in [0.5, 0.6) is 5.75 Å². The van der Waals surface area contributed by atoms with Gasteiger partial charge >= 0.3 is 0 Å². The zero-order chi connectivity index (χ0) is 16.9. The van der Waals surface area contributed by atoms with E-state index in [9.17, 15) is 0 Å². The first-order valence-electron chi connectivity index (χ1n) is 9.44. The summed E-state index contributed by atoms with van der Waals surface area (Å²) in [5.41, 5.74) is 1.17. The van der Waals surface area contributed by atoms with Gasteiger partial charge in [-0.05, 0) is 68.4 Å². The lowest BCUT2D eigenvalue weighted by molar-refractivity contribution is -0.0209. The standard InChI is InChI=1S/C20H25N3O2/c1-24-17-5-3-2-4-16(17)19-22-18(23-25-19)12-21-20-9-13-6-14(10-20)8-15(7-13)11-20/h2-5,13-15,21H,6-12H2,1H3. The quantitative estimate of drug-likeness (QED) is 0.898. The van der Waals surface area contributed by atoms with Gasteiger partial charge in [-0.15, -0.1) is 0 Å². The van der Waals surface area contributed by atoms with Crippen LogP contribution >= 0.6 is 0 Å². The molecular formula is C20H25N3O2. The average Bonchev–Trinajstić information content (AvgIpc) is 3.08. The largest absolute Gasteiger partial charge is 0.496 e. The Labute approximate surface area is 148 Å². The van der Waals surface area contributed by atoms with Gasteiger partial charge in [-0.25, -0.2) is 0 Å². The molecule has 5 heteroatoms. The third-order valence-corrected chi connectivity index (χ3v) is 6.47. The highest BCUT2D eigenvalue weighted by molar-refractivity contribution is 5.62. The Morgan fingerprint density at radius 3 is 2.48 bits per heavy atom. The first kappa shape index (κ1) is 15.4. The summed E-state index contributed by atoms with van der Waals surface area (Å²) in [5, 5.41) is 8.00. The monoisotopic (exact) mass is 339 g/mol. The van der Waals surface area contributed by atoms with Crippen LogP contribution in [0.4, 0.5) is 0 Å². The predicted octanol–water partition coefficient (Wildman–Crippen LogP) is 3.80. The number of nitrogens with one attached hydrogen (secondary N) is 1. The van der Waals surface area contributed by atoms with Gasteiger partial charge in [0.2, 0.25) is 0 Å². The Kier molecular flexibility index (Phi) is 3.59. The summed E-state index contributed by atoms with van der Waals surface area (Å²) in [6.45, 7) is 0.685. The first-order chi connectivity index (χ1) is 12.2. The number of benzene rings is 1. The Morgan fingerprint density at radius 1 is 1.12 bits per heavy atom. The highest BCUT2D eigenvalue weighted by atomic mass is 16.5. The fraction of sp³-hybridized carbons (Fsp3) is 0.600. The molecule has 5 nitrogen and oxygen atoms in total. The number of ether oxygens (including phenoxy) is 1. The summed E-state index contributed by atoms with van der Waals surface area (Å²) in [7, 11) is 1.66.